The van der Waals surface area contributed by atoms with Gasteiger partial charge in [-0.15, -0.1) is 21.5 Å². The zero-order valence-corrected chi connectivity index (χ0v) is 16.2. The maximum Gasteiger partial charge on any atom is 0.228 e. The summed E-state index contributed by atoms with van der Waals surface area (Å²) in [7, 11) is 0. The van der Waals surface area contributed by atoms with Crippen molar-refractivity contribution in [3.63, 3.8) is 0 Å². The Bertz CT molecular complexity index is 928. The van der Waals surface area contributed by atoms with Gasteiger partial charge >= 0.3 is 0 Å². The highest BCUT2D eigenvalue weighted by molar-refractivity contribution is 7.15. The van der Waals surface area contributed by atoms with Crippen LogP contribution in [0.4, 0.5) is 0 Å². The largest absolute Gasteiger partial charge is 0.342 e. The van der Waals surface area contributed by atoms with Gasteiger partial charge in [-0.1, -0.05) is 6.42 Å². The van der Waals surface area contributed by atoms with E-state index >= 15 is 0 Å². The number of thiazole rings is 1. The summed E-state index contributed by atoms with van der Waals surface area (Å²) in [5, 5.41) is 11.0. The smallest absolute Gasteiger partial charge is 0.228 e. The normalized spacial score (nSPS) is 20.6. The summed E-state index contributed by atoms with van der Waals surface area (Å²) in [5.41, 5.74) is 0.852. The number of aromatic nitrogens is 5. The van der Waals surface area contributed by atoms with Crippen molar-refractivity contribution in [1.29, 1.82) is 0 Å². The molecule has 1 fully saturated rings. The van der Waals surface area contributed by atoms with Crippen molar-refractivity contribution in [2.45, 2.75) is 57.4 Å². The summed E-state index contributed by atoms with van der Waals surface area (Å²) < 4.78 is 4.31. The van der Waals surface area contributed by atoms with Crippen LogP contribution in [0.15, 0.2) is 17.8 Å². The van der Waals surface area contributed by atoms with Gasteiger partial charge in [0.25, 0.3) is 0 Å². The van der Waals surface area contributed by atoms with E-state index < -0.39 is 0 Å². The van der Waals surface area contributed by atoms with Crippen molar-refractivity contribution in [2.24, 2.45) is 0 Å². The maximum atomic E-state index is 12.9. The van der Waals surface area contributed by atoms with Crippen LogP contribution in [0.5, 0.6) is 0 Å². The van der Waals surface area contributed by atoms with E-state index in [0.29, 0.717) is 12.3 Å². The minimum Gasteiger partial charge on any atom is -0.342 e. The maximum absolute atomic E-state index is 12.9. The lowest BCUT2D eigenvalue weighted by Crippen LogP contribution is -2.40. The van der Waals surface area contributed by atoms with Gasteiger partial charge in [0.2, 0.25) is 5.91 Å². The van der Waals surface area contributed by atoms with E-state index in [9.17, 15) is 4.79 Å². The second kappa shape index (κ2) is 7.07. The van der Waals surface area contributed by atoms with Crippen LogP contribution < -0.4 is 0 Å². The van der Waals surface area contributed by atoms with Crippen LogP contribution >= 0.6 is 11.3 Å². The monoisotopic (exact) mass is 384 g/mol. The molecular formula is C19H24N6OS. The van der Waals surface area contributed by atoms with Gasteiger partial charge in [-0.25, -0.2) is 4.98 Å². The van der Waals surface area contributed by atoms with Crippen LogP contribution in [0.1, 0.15) is 55.4 Å². The first-order chi connectivity index (χ1) is 13.3. The zero-order valence-electron chi connectivity index (χ0n) is 15.4. The van der Waals surface area contributed by atoms with Gasteiger partial charge in [-0.2, -0.15) is 0 Å². The summed E-state index contributed by atoms with van der Waals surface area (Å²) in [4.78, 5) is 20.4. The Labute approximate surface area is 162 Å². The van der Waals surface area contributed by atoms with Crippen LogP contribution in [0.3, 0.4) is 0 Å². The first-order valence-corrected chi connectivity index (χ1v) is 10.8. The molecule has 27 heavy (non-hydrogen) atoms. The molecule has 7 nitrogen and oxygen atoms in total. The van der Waals surface area contributed by atoms with Crippen LogP contribution in [0.25, 0.3) is 4.96 Å². The molecule has 5 rings (SSSR count). The SMILES string of the molecule is O=C(Cc1cn2ccsc2n1)N1CCCC(c2nnc3n2CCCCC3)C1. The van der Waals surface area contributed by atoms with E-state index in [1.807, 2.05) is 27.1 Å². The molecule has 0 aliphatic carbocycles. The third-order valence-corrected chi connectivity index (χ3v) is 6.52. The number of aryl methyl sites for hydroxylation is 1. The average Bonchev–Trinajstić information content (AvgIpc) is 3.33. The molecule has 2 aliphatic heterocycles. The first-order valence-electron chi connectivity index (χ1n) is 9.89. The number of hydrogen-bond acceptors (Lipinski definition) is 5. The molecule has 3 aromatic rings. The van der Waals surface area contributed by atoms with E-state index in [2.05, 4.69) is 19.7 Å². The predicted octanol–water partition coefficient (Wildman–Crippen LogP) is 2.66. The number of piperidine rings is 1. The third kappa shape index (κ3) is 3.26. The average molecular weight is 385 g/mol. The summed E-state index contributed by atoms with van der Waals surface area (Å²) in [6, 6.07) is 0. The molecule has 1 unspecified atom stereocenters. The Balaban J connectivity index is 1.30. The second-order valence-electron chi connectivity index (χ2n) is 7.62. The van der Waals surface area contributed by atoms with Crippen LogP contribution in [0.2, 0.25) is 0 Å². The molecule has 0 N–H and O–H groups in total. The minimum atomic E-state index is 0.168. The lowest BCUT2D eigenvalue weighted by molar-refractivity contribution is -0.131. The van der Waals surface area contributed by atoms with E-state index in [1.165, 1.54) is 19.3 Å². The fourth-order valence-electron chi connectivity index (χ4n) is 4.35. The quantitative estimate of drug-likeness (QED) is 0.696. The summed E-state index contributed by atoms with van der Waals surface area (Å²) >= 11 is 1.59. The molecule has 0 aromatic carbocycles. The van der Waals surface area contributed by atoms with Crippen molar-refractivity contribution in [3.8, 4) is 0 Å². The van der Waals surface area contributed by atoms with Gasteiger partial charge in [0, 0.05) is 49.7 Å². The minimum absolute atomic E-state index is 0.168. The van der Waals surface area contributed by atoms with Gasteiger partial charge in [0.05, 0.1) is 12.1 Å². The van der Waals surface area contributed by atoms with Crippen molar-refractivity contribution in [1.82, 2.24) is 29.0 Å². The van der Waals surface area contributed by atoms with E-state index in [1.54, 1.807) is 11.3 Å². The number of rotatable bonds is 3. The lowest BCUT2D eigenvalue weighted by atomic mass is 9.96. The molecule has 0 bridgehead atoms. The number of likely N-dealkylation sites (tertiary alicyclic amines) is 1. The molecule has 142 valence electrons. The van der Waals surface area contributed by atoms with Crippen molar-refractivity contribution in [3.05, 3.63) is 35.1 Å². The zero-order chi connectivity index (χ0) is 18.2. The number of fused-ring (bicyclic) bond motifs is 2. The fourth-order valence-corrected chi connectivity index (χ4v) is 5.07. The Hall–Kier alpha value is -2.22. The highest BCUT2D eigenvalue weighted by Gasteiger charge is 2.29. The van der Waals surface area contributed by atoms with Gasteiger partial charge in [-0.05, 0) is 25.7 Å². The summed E-state index contributed by atoms with van der Waals surface area (Å²) in [6.07, 6.45) is 11.1. The van der Waals surface area contributed by atoms with Crippen LogP contribution in [-0.2, 0) is 24.2 Å². The van der Waals surface area contributed by atoms with Crippen molar-refractivity contribution in [2.75, 3.05) is 13.1 Å². The number of amides is 1. The molecule has 0 radical (unpaired) electrons. The van der Waals surface area contributed by atoms with Gasteiger partial charge in [0.1, 0.15) is 11.6 Å². The Morgan fingerprint density at radius 2 is 2.15 bits per heavy atom. The molecule has 1 amide bonds. The molecule has 3 aromatic heterocycles. The van der Waals surface area contributed by atoms with Crippen molar-refractivity contribution < 1.29 is 4.79 Å². The van der Waals surface area contributed by atoms with Crippen LogP contribution in [0, 0.1) is 0 Å². The second-order valence-corrected chi connectivity index (χ2v) is 8.49. The fraction of sp³-hybridized carbons (Fsp3) is 0.579. The van der Waals surface area contributed by atoms with Crippen molar-refractivity contribution >= 4 is 22.2 Å². The number of nitrogens with zero attached hydrogens (tertiary/aromatic N) is 6. The Morgan fingerprint density at radius 1 is 1.19 bits per heavy atom. The topological polar surface area (TPSA) is 68.3 Å². The van der Waals surface area contributed by atoms with Gasteiger partial charge in [-0.3, -0.25) is 9.20 Å². The molecule has 1 atom stereocenters. The van der Waals surface area contributed by atoms with Crippen LogP contribution in [-0.4, -0.2) is 48.0 Å². The first kappa shape index (κ1) is 16.9. The molecule has 0 spiro atoms. The Morgan fingerprint density at radius 3 is 3.07 bits per heavy atom. The molecule has 0 saturated carbocycles. The number of carbonyl (C=O) groups is 1. The molecule has 1 saturated heterocycles. The van der Waals surface area contributed by atoms with E-state index in [-0.39, 0.29) is 5.91 Å². The highest BCUT2D eigenvalue weighted by Crippen LogP contribution is 2.28. The summed E-state index contributed by atoms with van der Waals surface area (Å²) in [5.74, 6) is 2.68. The Kier molecular flexibility index (Phi) is 4.43. The van der Waals surface area contributed by atoms with Gasteiger partial charge < -0.3 is 9.47 Å². The molecule has 8 heteroatoms. The molecule has 2 aliphatic rings. The van der Waals surface area contributed by atoms with E-state index in [4.69, 9.17) is 0 Å². The number of hydrogen-bond donors (Lipinski definition) is 0. The number of carbonyl (C=O) groups excluding carboxylic acids is 1. The van der Waals surface area contributed by atoms with E-state index in [0.717, 1.165) is 61.2 Å². The van der Waals surface area contributed by atoms with Gasteiger partial charge in [0.15, 0.2) is 4.96 Å². The predicted molar refractivity (Wildman–Crippen MR) is 103 cm³/mol. The summed E-state index contributed by atoms with van der Waals surface area (Å²) in [6.45, 7) is 2.60. The number of imidazole rings is 1. The third-order valence-electron chi connectivity index (χ3n) is 5.75. The molecule has 5 heterocycles. The standard InChI is InChI=1S/C19H24N6OS/c26-17(11-15-13-24-9-10-27-19(24)20-15)23-7-4-5-14(12-23)18-22-21-16-6-2-1-3-8-25(16)18/h9-10,13-14H,1-8,11-12H2. The highest BCUT2D eigenvalue weighted by atomic mass is 32.1. The lowest BCUT2D eigenvalue weighted by Gasteiger charge is -2.32. The molecular weight excluding hydrogens is 360 g/mol.